The quantitative estimate of drug-likeness (QED) is 0.278. The summed E-state index contributed by atoms with van der Waals surface area (Å²) in [7, 11) is 0. The Hall–Kier alpha value is -5.43. The number of fused-ring (bicyclic) bond motifs is 1. The lowest BCUT2D eigenvalue weighted by Gasteiger charge is -2.29. The molecule has 0 spiro atoms. The second kappa shape index (κ2) is 12.8. The zero-order chi connectivity index (χ0) is 31.4. The number of carboxylic acid groups (broad SMARTS) is 1. The Labute approximate surface area is 250 Å². The van der Waals surface area contributed by atoms with Crippen LogP contribution >= 0.6 is 0 Å². The van der Waals surface area contributed by atoms with E-state index in [9.17, 15) is 18.8 Å². The fraction of sp³-hybridized carbons (Fsp3) is 0.226. The first-order valence-corrected chi connectivity index (χ1v) is 13.9. The summed E-state index contributed by atoms with van der Waals surface area (Å²) >= 11 is 0. The number of nitrogen functional groups attached to an aromatic ring is 1. The van der Waals surface area contributed by atoms with E-state index < -0.39 is 28.6 Å². The van der Waals surface area contributed by atoms with Crippen molar-refractivity contribution in [3.63, 3.8) is 0 Å². The Morgan fingerprint density at radius 2 is 1.75 bits per heavy atom. The Bertz CT molecular complexity index is 1930. The van der Waals surface area contributed by atoms with Crippen molar-refractivity contribution in [3.05, 3.63) is 111 Å². The fourth-order valence-electron chi connectivity index (χ4n) is 4.76. The van der Waals surface area contributed by atoms with Crippen molar-refractivity contribution >= 4 is 22.9 Å². The van der Waals surface area contributed by atoms with Crippen molar-refractivity contribution in [1.29, 1.82) is 0 Å². The Morgan fingerprint density at radius 3 is 2.41 bits per heavy atom. The summed E-state index contributed by atoms with van der Waals surface area (Å²) in [4.78, 5) is 37.5. The molecule has 1 aliphatic rings. The van der Waals surface area contributed by atoms with Gasteiger partial charge in [0.1, 0.15) is 22.6 Å². The molecule has 0 atom stereocenters. The van der Waals surface area contributed by atoms with Crippen LogP contribution in [0.25, 0.3) is 11.2 Å². The second-order valence-electron chi connectivity index (χ2n) is 9.98. The summed E-state index contributed by atoms with van der Waals surface area (Å²) in [5, 5.41) is 13.4. The maximum atomic E-state index is 12.9. The SMILES string of the molecule is CCn1cc(C(=O)O)c(=O)n(-c2ccc(F)cc2)c1=O.Cc1cc(N)ccc1Oc1cc(N2CCOCC2)cn2nccc12. The average molecular weight is 603 g/mol. The third-order valence-electron chi connectivity index (χ3n) is 7.06. The number of rotatable bonds is 6. The van der Waals surface area contributed by atoms with E-state index in [-0.39, 0.29) is 12.2 Å². The molecule has 3 aromatic heterocycles. The van der Waals surface area contributed by atoms with Crippen LogP contribution in [0.3, 0.4) is 0 Å². The topological polar surface area (TPSA) is 146 Å². The summed E-state index contributed by atoms with van der Waals surface area (Å²) < 4.78 is 28.2. The molecule has 0 aliphatic carbocycles. The molecular formula is C31H31FN6O6. The molecule has 6 rings (SSSR count). The van der Waals surface area contributed by atoms with Crippen LogP contribution in [0.5, 0.6) is 11.5 Å². The van der Waals surface area contributed by atoms with Gasteiger partial charge < -0.3 is 25.2 Å². The number of nitrogens with zero attached hydrogens (tertiary/aromatic N) is 5. The number of ether oxygens (including phenoxy) is 2. The third kappa shape index (κ3) is 6.32. The van der Waals surface area contributed by atoms with Crippen LogP contribution in [0.15, 0.2) is 82.8 Å². The predicted octanol–water partition coefficient (Wildman–Crippen LogP) is 3.71. The van der Waals surface area contributed by atoms with Gasteiger partial charge in [0.2, 0.25) is 0 Å². The number of hydrogen-bond donors (Lipinski definition) is 2. The molecule has 44 heavy (non-hydrogen) atoms. The molecule has 0 saturated carbocycles. The molecule has 1 aliphatic heterocycles. The van der Waals surface area contributed by atoms with Crippen LogP contribution in [0.2, 0.25) is 0 Å². The van der Waals surface area contributed by atoms with Crippen molar-refractivity contribution in [1.82, 2.24) is 18.7 Å². The molecule has 13 heteroatoms. The van der Waals surface area contributed by atoms with Crippen molar-refractivity contribution < 1.29 is 23.8 Å². The molecule has 0 bridgehead atoms. The van der Waals surface area contributed by atoms with E-state index in [2.05, 4.69) is 16.1 Å². The first-order valence-electron chi connectivity index (χ1n) is 13.9. The predicted molar refractivity (Wildman–Crippen MR) is 163 cm³/mol. The highest BCUT2D eigenvalue weighted by molar-refractivity contribution is 5.86. The molecule has 1 fully saturated rings. The molecule has 228 valence electrons. The van der Waals surface area contributed by atoms with E-state index in [4.69, 9.17) is 20.3 Å². The molecule has 0 unspecified atom stereocenters. The lowest BCUT2D eigenvalue weighted by molar-refractivity contribution is 0.0693. The highest BCUT2D eigenvalue weighted by Gasteiger charge is 2.18. The largest absolute Gasteiger partial charge is 0.477 e. The third-order valence-corrected chi connectivity index (χ3v) is 7.06. The van der Waals surface area contributed by atoms with Crippen molar-refractivity contribution in [2.24, 2.45) is 0 Å². The van der Waals surface area contributed by atoms with Crippen LogP contribution in [0.1, 0.15) is 22.8 Å². The lowest BCUT2D eigenvalue weighted by Crippen LogP contribution is -2.41. The second-order valence-corrected chi connectivity index (χ2v) is 9.98. The van der Waals surface area contributed by atoms with Crippen LogP contribution in [-0.4, -0.2) is 56.1 Å². The van der Waals surface area contributed by atoms with Gasteiger partial charge in [-0.25, -0.2) is 23.1 Å². The molecule has 4 heterocycles. The van der Waals surface area contributed by atoms with Gasteiger partial charge in [0, 0.05) is 37.6 Å². The number of hydrogen-bond acceptors (Lipinski definition) is 8. The molecule has 5 aromatic rings. The van der Waals surface area contributed by atoms with Crippen LogP contribution in [0, 0.1) is 12.7 Å². The minimum atomic E-state index is -1.42. The van der Waals surface area contributed by atoms with E-state index in [1.54, 1.807) is 13.1 Å². The molecule has 1 saturated heterocycles. The molecule has 12 nitrogen and oxygen atoms in total. The maximum Gasteiger partial charge on any atom is 0.342 e. The lowest BCUT2D eigenvalue weighted by atomic mass is 10.2. The van der Waals surface area contributed by atoms with Gasteiger partial charge in [-0.1, -0.05) is 0 Å². The number of anilines is 2. The van der Waals surface area contributed by atoms with Crippen molar-refractivity contribution in [2.45, 2.75) is 20.4 Å². The van der Waals surface area contributed by atoms with E-state index >= 15 is 0 Å². The Kier molecular flexibility index (Phi) is 8.76. The maximum absolute atomic E-state index is 12.9. The minimum absolute atomic E-state index is 0.117. The number of morpholine rings is 1. The van der Waals surface area contributed by atoms with Gasteiger partial charge in [-0.3, -0.25) is 9.36 Å². The number of nitrogens with two attached hydrogens (primary N) is 1. The standard InChI is InChI=1S/C18H20N4O2.C13H11FN2O4/c1-13-10-14(19)2-3-17(13)24-18-11-15(21-6-8-23-9-7-21)12-22-16(18)4-5-20-22;1-2-15-7-10(12(18)19)11(17)16(13(15)20)9-5-3-8(14)4-6-9/h2-5,10-12H,6-9,19H2,1H3;3-7H,2H2,1H3,(H,18,19). The van der Waals surface area contributed by atoms with Crippen LogP contribution < -0.4 is 26.6 Å². The molecule has 0 radical (unpaired) electrons. The molecular weight excluding hydrogens is 571 g/mol. The number of benzene rings is 2. The number of aryl methyl sites for hydroxylation is 2. The highest BCUT2D eigenvalue weighted by Crippen LogP contribution is 2.33. The highest BCUT2D eigenvalue weighted by atomic mass is 19.1. The van der Waals surface area contributed by atoms with Gasteiger partial charge in [-0.15, -0.1) is 0 Å². The van der Waals surface area contributed by atoms with Crippen molar-refractivity contribution in [2.75, 3.05) is 36.9 Å². The van der Waals surface area contributed by atoms with E-state index in [0.717, 1.165) is 83.2 Å². The monoisotopic (exact) mass is 602 g/mol. The first kappa shape index (κ1) is 30.0. The normalized spacial score (nSPS) is 12.9. The minimum Gasteiger partial charge on any atom is -0.477 e. The zero-order valence-corrected chi connectivity index (χ0v) is 24.1. The average Bonchev–Trinajstić information content (AvgIpc) is 3.49. The summed E-state index contributed by atoms with van der Waals surface area (Å²) in [6.45, 7) is 7.06. The number of pyridine rings is 1. The zero-order valence-electron chi connectivity index (χ0n) is 24.1. The van der Waals surface area contributed by atoms with Gasteiger partial charge in [0.15, 0.2) is 5.75 Å². The molecule has 2 aromatic carbocycles. The number of aromatic nitrogens is 4. The number of carboxylic acids is 1. The van der Waals surface area contributed by atoms with Gasteiger partial charge in [0.25, 0.3) is 5.56 Å². The van der Waals surface area contributed by atoms with E-state index in [1.807, 2.05) is 41.9 Å². The number of halogens is 1. The molecule has 3 N–H and O–H groups in total. The van der Waals surface area contributed by atoms with E-state index in [1.165, 1.54) is 12.1 Å². The number of aromatic carboxylic acids is 1. The van der Waals surface area contributed by atoms with Crippen LogP contribution in [-0.2, 0) is 11.3 Å². The fourth-order valence-corrected chi connectivity index (χ4v) is 4.76. The molecule has 0 amide bonds. The first-order chi connectivity index (χ1) is 21.2. The summed E-state index contributed by atoms with van der Waals surface area (Å²) in [6, 6.07) is 14.3. The smallest absolute Gasteiger partial charge is 0.342 e. The summed E-state index contributed by atoms with van der Waals surface area (Å²) in [5.74, 6) is -0.365. The Morgan fingerprint density at radius 1 is 1.02 bits per heavy atom. The summed E-state index contributed by atoms with van der Waals surface area (Å²) in [6.07, 6.45) is 4.82. The number of carbonyl (C=O) groups is 1. The summed E-state index contributed by atoms with van der Waals surface area (Å²) in [5.41, 5.74) is 7.56. The van der Waals surface area contributed by atoms with Crippen molar-refractivity contribution in [3.8, 4) is 17.2 Å². The van der Waals surface area contributed by atoms with Gasteiger partial charge in [-0.05, 0) is 67.9 Å². The van der Waals surface area contributed by atoms with Gasteiger partial charge >= 0.3 is 11.7 Å². The van der Waals surface area contributed by atoms with Gasteiger partial charge in [0.05, 0.1) is 37.0 Å². The van der Waals surface area contributed by atoms with Crippen LogP contribution in [0.4, 0.5) is 15.8 Å². The Balaban J connectivity index is 0.000000178. The van der Waals surface area contributed by atoms with Gasteiger partial charge in [-0.2, -0.15) is 5.10 Å². The van der Waals surface area contributed by atoms with E-state index in [0.29, 0.717) is 4.57 Å².